The first-order valence-electron chi connectivity index (χ1n) is 8.06. The van der Waals surface area contributed by atoms with Gasteiger partial charge >= 0.3 is 0 Å². The molecule has 0 aromatic heterocycles. The van der Waals surface area contributed by atoms with Gasteiger partial charge in [-0.25, -0.2) is 0 Å². The van der Waals surface area contributed by atoms with Crippen LogP contribution in [-0.2, 0) is 16.0 Å². The Morgan fingerprint density at radius 3 is 2.68 bits per heavy atom. The summed E-state index contributed by atoms with van der Waals surface area (Å²) in [6, 6.07) is 8.23. The fourth-order valence-electron chi connectivity index (χ4n) is 3.08. The molecule has 2 atom stereocenters. The molecule has 0 saturated heterocycles. The van der Waals surface area contributed by atoms with Crippen molar-refractivity contribution in [3.05, 3.63) is 35.4 Å². The van der Waals surface area contributed by atoms with E-state index in [0.717, 1.165) is 18.4 Å². The van der Waals surface area contributed by atoms with E-state index in [2.05, 4.69) is 19.9 Å². The second-order valence-corrected chi connectivity index (χ2v) is 6.14. The molecular weight excluding hydrogens is 276 g/mol. The van der Waals surface area contributed by atoms with E-state index in [9.17, 15) is 9.59 Å². The number of rotatable bonds is 4. The zero-order valence-electron chi connectivity index (χ0n) is 14.0. The van der Waals surface area contributed by atoms with Crippen molar-refractivity contribution in [1.82, 2.24) is 9.80 Å². The van der Waals surface area contributed by atoms with E-state index < -0.39 is 0 Å². The molecule has 4 heteroatoms. The third-order valence-corrected chi connectivity index (χ3v) is 4.83. The number of nitrogens with zero attached hydrogens (tertiary/aromatic N) is 2. The van der Waals surface area contributed by atoms with Crippen molar-refractivity contribution in [3.8, 4) is 0 Å². The minimum absolute atomic E-state index is 0.0403. The van der Waals surface area contributed by atoms with Gasteiger partial charge in [0.05, 0.1) is 12.5 Å². The summed E-state index contributed by atoms with van der Waals surface area (Å²) in [6.07, 6.45) is 2.15. The van der Waals surface area contributed by atoms with E-state index in [1.165, 1.54) is 5.56 Å². The molecule has 1 aliphatic heterocycles. The van der Waals surface area contributed by atoms with E-state index >= 15 is 0 Å². The van der Waals surface area contributed by atoms with Crippen molar-refractivity contribution in [1.29, 1.82) is 0 Å². The third kappa shape index (κ3) is 3.32. The zero-order valence-corrected chi connectivity index (χ0v) is 14.0. The highest BCUT2D eigenvalue weighted by atomic mass is 16.2. The molecule has 120 valence electrons. The summed E-state index contributed by atoms with van der Waals surface area (Å²) in [7, 11) is 1.85. The maximum atomic E-state index is 12.6. The van der Waals surface area contributed by atoms with Gasteiger partial charge in [-0.2, -0.15) is 0 Å². The van der Waals surface area contributed by atoms with Crippen LogP contribution >= 0.6 is 0 Å². The van der Waals surface area contributed by atoms with Crippen molar-refractivity contribution in [2.45, 2.75) is 52.1 Å². The molecule has 0 N–H and O–H groups in total. The van der Waals surface area contributed by atoms with Crippen LogP contribution in [0.5, 0.6) is 0 Å². The number of carbonyl (C=O) groups is 2. The Balaban J connectivity index is 2.25. The Bertz CT molecular complexity index is 556. The molecule has 0 saturated carbocycles. The predicted octanol–water partition coefficient (Wildman–Crippen LogP) is 2.78. The maximum absolute atomic E-state index is 12.6. The molecule has 0 fully saturated rings. The lowest BCUT2D eigenvalue weighted by molar-refractivity contribution is -0.137. The molecule has 2 unspecified atom stereocenters. The van der Waals surface area contributed by atoms with Crippen LogP contribution in [-0.4, -0.2) is 41.2 Å². The fourth-order valence-corrected chi connectivity index (χ4v) is 3.08. The van der Waals surface area contributed by atoms with Gasteiger partial charge in [-0.15, -0.1) is 0 Å². The van der Waals surface area contributed by atoms with E-state index in [1.807, 2.05) is 30.1 Å². The molecule has 1 heterocycles. The fraction of sp³-hybridized carbons (Fsp3) is 0.556. The van der Waals surface area contributed by atoms with Gasteiger partial charge in [0, 0.05) is 26.6 Å². The minimum Gasteiger partial charge on any atom is -0.343 e. The van der Waals surface area contributed by atoms with Crippen LogP contribution in [0.3, 0.4) is 0 Å². The van der Waals surface area contributed by atoms with E-state index in [4.69, 9.17) is 0 Å². The second-order valence-electron chi connectivity index (χ2n) is 6.14. The average molecular weight is 302 g/mol. The number of amides is 2. The summed E-state index contributed by atoms with van der Waals surface area (Å²) in [5.41, 5.74) is 2.37. The van der Waals surface area contributed by atoms with Gasteiger partial charge in [0.2, 0.25) is 11.8 Å². The summed E-state index contributed by atoms with van der Waals surface area (Å²) < 4.78 is 0. The van der Waals surface area contributed by atoms with Gasteiger partial charge in [0.15, 0.2) is 0 Å². The highest BCUT2D eigenvalue weighted by Gasteiger charge is 2.31. The lowest BCUT2D eigenvalue weighted by Crippen LogP contribution is -2.42. The molecule has 0 aliphatic carbocycles. The van der Waals surface area contributed by atoms with E-state index in [0.29, 0.717) is 13.0 Å². The molecule has 0 spiro atoms. The monoisotopic (exact) mass is 302 g/mol. The van der Waals surface area contributed by atoms with Crippen LogP contribution in [0, 0.1) is 0 Å². The van der Waals surface area contributed by atoms with Gasteiger partial charge in [0.25, 0.3) is 0 Å². The van der Waals surface area contributed by atoms with Crippen LogP contribution in [0.15, 0.2) is 24.3 Å². The topological polar surface area (TPSA) is 40.6 Å². The Morgan fingerprint density at radius 2 is 2.05 bits per heavy atom. The number of hydrogen-bond donors (Lipinski definition) is 0. The maximum Gasteiger partial charge on any atom is 0.224 e. The van der Waals surface area contributed by atoms with Crippen LogP contribution in [0.2, 0.25) is 0 Å². The molecule has 22 heavy (non-hydrogen) atoms. The Labute approximate surface area is 133 Å². The minimum atomic E-state index is -0.138. The first-order chi connectivity index (χ1) is 10.5. The standard InChI is InChI=1S/C18H26N2O2/c1-5-13(2)19(4)18(22)12-17-16-9-7-6-8-15(16)10-11-20(17)14(3)21/h6-9,13,17H,5,10-12H2,1-4H3. The second kappa shape index (κ2) is 6.95. The lowest BCUT2D eigenvalue weighted by atomic mass is 9.90. The highest BCUT2D eigenvalue weighted by Crippen LogP contribution is 2.32. The van der Waals surface area contributed by atoms with Gasteiger partial charge < -0.3 is 9.80 Å². The third-order valence-electron chi connectivity index (χ3n) is 4.83. The summed E-state index contributed by atoms with van der Waals surface area (Å²) in [5, 5.41) is 0. The average Bonchev–Trinajstić information content (AvgIpc) is 2.53. The Kier molecular flexibility index (Phi) is 5.22. The molecule has 4 nitrogen and oxygen atoms in total. The van der Waals surface area contributed by atoms with Crippen molar-refractivity contribution >= 4 is 11.8 Å². The predicted molar refractivity (Wildman–Crippen MR) is 87.4 cm³/mol. The van der Waals surface area contributed by atoms with Crippen molar-refractivity contribution in [2.75, 3.05) is 13.6 Å². The SMILES string of the molecule is CCC(C)N(C)C(=O)CC1c2ccccc2CCN1C(C)=O. The number of carbonyl (C=O) groups excluding carboxylic acids is 2. The first-order valence-corrected chi connectivity index (χ1v) is 8.06. The Morgan fingerprint density at radius 1 is 1.36 bits per heavy atom. The molecule has 1 aromatic carbocycles. The number of benzene rings is 1. The van der Waals surface area contributed by atoms with Crippen LogP contribution in [0.25, 0.3) is 0 Å². The summed E-state index contributed by atoms with van der Waals surface area (Å²) in [6.45, 7) is 6.41. The van der Waals surface area contributed by atoms with Crippen LogP contribution in [0.4, 0.5) is 0 Å². The Hall–Kier alpha value is -1.84. The largest absolute Gasteiger partial charge is 0.343 e. The molecule has 0 bridgehead atoms. The van der Waals surface area contributed by atoms with Crippen LogP contribution in [0.1, 0.15) is 50.8 Å². The smallest absolute Gasteiger partial charge is 0.224 e. The molecule has 1 aromatic rings. The van der Waals surface area contributed by atoms with Gasteiger partial charge in [-0.3, -0.25) is 9.59 Å². The molecular formula is C18H26N2O2. The van der Waals surface area contributed by atoms with E-state index in [1.54, 1.807) is 11.8 Å². The quantitative estimate of drug-likeness (QED) is 0.858. The van der Waals surface area contributed by atoms with Crippen LogP contribution < -0.4 is 0 Å². The summed E-state index contributed by atoms with van der Waals surface area (Å²) in [5.74, 6) is 0.140. The molecule has 0 radical (unpaired) electrons. The molecule has 1 aliphatic rings. The normalized spacial score (nSPS) is 18.5. The van der Waals surface area contributed by atoms with Crippen molar-refractivity contribution in [2.24, 2.45) is 0 Å². The summed E-state index contributed by atoms with van der Waals surface area (Å²) >= 11 is 0. The molecule has 2 rings (SSSR count). The van der Waals surface area contributed by atoms with Crippen molar-refractivity contribution in [3.63, 3.8) is 0 Å². The summed E-state index contributed by atoms with van der Waals surface area (Å²) in [4.78, 5) is 28.2. The van der Waals surface area contributed by atoms with Gasteiger partial charge in [-0.1, -0.05) is 31.2 Å². The highest BCUT2D eigenvalue weighted by molar-refractivity contribution is 5.79. The first kappa shape index (κ1) is 16.5. The molecule has 2 amide bonds. The zero-order chi connectivity index (χ0) is 16.3. The van der Waals surface area contributed by atoms with Gasteiger partial charge in [-0.05, 0) is 30.9 Å². The van der Waals surface area contributed by atoms with Gasteiger partial charge in [0.1, 0.15) is 0 Å². The van der Waals surface area contributed by atoms with Crippen molar-refractivity contribution < 1.29 is 9.59 Å². The lowest BCUT2D eigenvalue weighted by Gasteiger charge is -2.37. The number of fused-ring (bicyclic) bond motifs is 1. The van der Waals surface area contributed by atoms with E-state index in [-0.39, 0.29) is 23.9 Å². The number of hydrogen-bond acceptors (Lipinski definition) is 2.